The van der Waals surface area contributed by atoms with E-state index in [9.17, 15) is 5.11 Å². The number of hydrogen-bond donors (Lipinski definition) is 1. The van der Waals surface area contributed by atoms with Crippen molar-refractivity contribution in [2.45, 2.75) is 19.4 Å². The van der Waals surface area contributed by atoms with Gasteiger partial charge < -0.3 is 9.84 Å². The Labute approximate surface area is 117 Å². The highest BCUT2D eigenvalue weighted by Gasteiger charge is 2.10. The van der Waals surface area contributed by atoms with Crippen LogP contribution in [0.1, 0.15) is 24.3 Å². The zero-order valence-electron chi connectivity index (χ0n) is 11.0. The van der Waals surface area contributed by atoms with Crippen LogP contribution >= 0.6 is 11.6 Å². The summed E-state index contributed by atoms with van der Waals surface area (Å²) < 4.78 is 7.54. The van der Waals surface area contributed by atoms with Crippen LogP contribution in [0, 0.1) is 0 Å². The number of nitrogens with zero attached hydrogens (tertiary/aromatic N) is 2. The van der Waals surface area contributed by atoms with Gasteiger partial charge in [-0.25, -0.2) is 0 Å². The third-order valence-electron chi connectivity index (χ3n) is 2.96. The Morgan fingerprint density at radius 2 is 2.21 bits per heavy atom. The molecule has 1 atom stereocenters. The fourth-order valence-corrected chi connectivity index (χ4v) is 2.07. The molecular formula is C14H17ClN2O2. The summed E-state index contributed by atoms with van der Waals surface area (Å²) in [7, 11) is 1.90. The van der Waals surface area contributed by atoms with Gasteiger partial charge in [-0.15, -0.1) is 0 Å². The summed E-state index contributed by atoms with van der Waals surface area (Å²) in [6, 6.07) is 7.23. The van der Waals surface area contributed by atoms with Crippen LogP contribution in [0.3, 0.4) is 0 Å². The molecule has 0 fully saturated rings. The molecule has 0 bridgehead atoms. The van der Waals surface area contributed by atoms with E-state index < -0.39 is 6.10 Å². The predicted molar refractivity (Wildman–Crippen MR) is 74.5 cm³/mol. The van der Waals surface area contributed by atoms with Gasteiger partial charge in [0.05, 0.1) is 12.7 Å². The van der Waals surface area contributed by atoms with Crippen molar-refractivity contribution in [1.82, 2.24) is 9.78 Å². The van der Waals surface area contributed by atoms with Gasteiger partial charge in [0, 0.05) is 35.9 Å². The van der Waals surface area contributed by atoms with Crippen molar-refractivity contribution in [3.63, 3.8) is 0 Å². The van der Waals surface area contributed by atoms with Crippen LogP contribution in [-0.2, 0) is 13.5 Å². The van der Waals surface area contributed by atoms with Crippen molar-refractivity contribution < 1.29 is 9.84 Å². The van der Waals surface area contributed by atoms with Gasteiger partial charge >= 0.3 is 0 Å². The van der Waals surface area contributed by atoms with Crippen molar-refractivity contribution in [2.24, 2.45) is 7.05 Å². The minimum Gasteiger partial charge on any atom is -0.493 e. The van der Waals surface area contributed by atoms with Crippen LogP contribution in [0.15, 0.2) is 30.5 Å². The summed E-state index contributed by atoms with van der Waals surface area (Å²) >= 11 is 5.92. The largest absolute Gasteiger partial charge is 0.493 e. The van der Waals surface area contributed by atoms with Crippen molar-refractivity contribution in [2.75, 3.05) is 6.61 Å². The number of halogens is 1. The Bertz CT molecular complexity index is 552. The molecule has 2 rings (SSSR count). The maximum Gasteiger partial charge on any atom is 0.125 e. The van der Waals surface area contributed by atoms with E-state index in [0.717, 1.165) is 12.1 Å². The van der Waals surface area contributed by atoms with Crippen LogP contribution in [-0.4, -0.2) is 21.5 Å². The Kier molecular flexibility index (Phi) is 4.45. The number of benzene rings is 1. The molecule has 5 heteroatoms. The second-order valence-electron chi connectivity index (χ2n) is 4.40. The lowest BCUT2D eigenvalue weighted by Gasteiger charge is -2.13. The third kappa shape index (κ3) is 3.49. The predicted octanol–water partition coefficient (Wildman–Crippen LogP) is 2.75. The summed E-state index contributed by atoms with van der Waals surface area (Å²) in [5.41, 5.74) is 1.81. The molecule has 0 aliphatic carbocycles. The highest BCUT2D eigenvalue weighted by atomic mass is 35.5. The minimum atomic E-state index is -0.606. The average molecular weight is 281 g/mol. The lowest BCUT2D eigenvalue weighted by Crippen LogP contribution is -2.07. The molecule has 102 valence electrons. The molecule has 1 aromatic heterocycles. The summed E-state index contributed by atoms with van der Waals surface area (Å²) in [6.45, 7) is 2.22. The van der Waals surface area contributed by atoms with Crippen LogP contribution in [0.2, 0.25) is 5.02 Å². The van der Waals surface area contributed by atoms with Gasteiger partial charge in [0.25, 0.3) is 0 Å². The highest BCUT2D eigenvalue weighted by molar-refractivity contribution is 6.30. The Balaban J connectivity index is 2.01. The Morgan fingerprint density at radius 3 is 2.84 bits per heavy atom. The number of rotatable bonds is 5. The second-order valence-corrected chi connectivity index (χ2v) is 4.84. The lowest BCUT2D eigenvalue weighted by molar-refractivity contribution is 0.191. The van der Waals surface area contributed by atoms with Gasteiger partial charge in [-0.05, 0) is 31.2 Å². The Morgan fingerprint density at radius 1 is 1.42 bits per heavy atom. The van der Waals surface area contributed by atoms with Gasteiger partial charge in [-0.2, -0.15) is 5.10 Å². The Hall–Kier alpha value is -1.52. The lowest BCUT2D eigenvalue weighted by atomic mass is 10.1. The van der Waals surface area contributed by atoms with E-state index in [1.54, 1.807) is 31.3 Å². The van der Waals surface area contributed by atoms with Crippen LogP contribution in [0.4, 0.5) is 0 Å². The van der Waals surface area contributed by atoms with E-state index in [-0.39, 0.29) is 0 Å². The SMILES string of the molecule is C[C@@H](O)c1cc(Cl)ccc1OCCc1ccnn1C. The van der Waals surface area contributed by atoms with Gasteiger partial charge in [0.1, 0.15) is 5.75 Å². The van der Waals surface area contributed by atoms with Gasteiger partial charge in [0.15, 0.2) is 0 Å². The summed E-state index contributed by atoms with van der Waals surface area (Å²) in [6.07, 6.45) is 1.92. The quantitative estimate of drug-likeness (QED) is 0.916. The molecule has 0 unspecified atom stereocenters. The van der Waals surface area contributed by atoms with E-state index >= 15 is 0 Å². The fraction of sp³-hybridized carbons (Fsp3) is 0.357. The molecule has 1 N–H and O–H groups in total. The summed E-state index contributed by atoms with van der Waals surface area (Å²) in [5, 5.41) is 14.4. The smallest absolute Gasteiger partial charge is 0.125 e. The van der Waals surface area contributed by atoms with E-state index in [1.165, 1.54) is 0 Å². The first kappa shape index (κ1) is 13.9. The third-order valence-corrected chi connectivity index (χ3v) is 3.20. The molecule has 1 aromatic carbocycles. The van der Waals surface area contributed by atoms with Crippen molar-refractivity contribution >= 4 is 11.6 Å². The minimum absolute atomic E-state index is 0.529. The maximum absolute atomic E-state index is 9.70. The molecule has 1 heterocycles. The molecule has 0 aliphatic rings. The first-order valence-corrected chi connectivity index (χ1v) is 6.53. The molecule has 0 aliphatic heterocycles. The number of hydrogen-bond acceptors (Lipinski definition) is 3. The number of aliphatic hydroxyl groups is 1. The van der Waals surface area contributed by atoms with Crippen LogP contribution in [0.5, 0.6) is 5.75 Å². The van der Waals surface area contributed by atoms with Crippen LogP contribution in [0.25, 0.3) is 0 Å². The molecule has 0 saturated heterocycles. The molecule has 0 amide bonds. The number of aryl methyl sites for hydroxylation is 1. The monoisotopic (exact) mass is 280 g/mol. The van der Waals surface area contributed by atoms with Gasteiger partial charge in [-0.1, -0.05) is 11.6 Å². The zero-order chi connectivity index (χ0) is 13.8. The van der Waals surface area contributed by atoms with Crippen molar-refractivity contribution in [3.05, 3.63) is 46.7 Å². The van der Waals surface area contributed by atoms with Gasteiger partial charge in [0.2, 0.25) is 0 Å². The molecular weight excluding hydrogens is 264 g/mol. The molecule has 4 nitrogen and oxygen atoms in total. The van der Waals surface area contributed by atoms with Crippen molar-refractivity contribution in [1.29, 1.82) is 0 Å². The zero-order valence-corrected chi connectivity index (χ0v) is 11.8. The second kappa shape index (κ2) is 6.08. The fourth-order valence-electron chi connectivity index (χ4n) is 1.89. The number of ether oxygens (including phenoxy) is 1. The highest BCUT2D eigenvalue weighted by Crippen LogP contribution is 2.28. The summed E-state index contributed by atoms with van der Waals surface area (Å²) in [4.78, 5) is 0. The van der Waals surface area contributed by atoms with E-state index in [4.69, 9.17) is 16.3 Å². The van der Waals surface area contributed by atoms with E-state index in [0.29, 0.717) is 22.9 Å². The molecule has 0 saturated carbocycles. The molecule has 2 aromatic rings. The number of aromatic nitrogens is 2. The average Bonchev–Trinajstić information content (AvgIpc) is 2.77. The van der Waals surface area contributed by atoms with E-state index in [2.05, 4.69) is 5.10 Å². The topological polar surface area (TPSA) is 47.3 Å². The first-order chi connectivity index (χ1) is 9.08. The summed E-state index contributed by atoms with van der Waals surface area (Å²) in [5.74, 6) is 0.668. The normalized spacial score (nSPS) is 12.4. The maximum atomic E-state index is 9.70. The standard InChI is InChI=1S/C14H17ClN2O2/c1-10(18)13-9-11(15)3-4-14(13)19-8-6-12-5-7-16-17(12)2/h3-5,7,9-10,18H,6,8H2,1-2H3/t10-/m1/s1. The van der Waals surface area contributed by atoms with Crippen LogP contribution < -0.4 is 4.74 Å². The molecule has 19 heavy (non-hydrogen) atoms. The number of aliphatic hydroxyl groups excluding tert-OH is 1. The van der Waals surface area contributed by atoms with E-state index in [1.807, 2.05) is 17.8 Å². The van der Waals surface area contributed by atoms with Crippen molar-refractivity contribution in [3.8, 4) is 5.75 Å². The van der Waals surface area contributed by atoms with Gasteiger partial charge in [-0.3, -0.25) is 4.68 Å². The first-order valence-electron chi connectivity index (χ1n) is 6.15. The molecule has 0 radical (unpaired) electrons. The molecule has 0 spiro atoms.